The van der Waals surface area contributed by atoms with E-state index in [1.54, 1.807) is 18.5 Å². The maximum atomic E-state index is 11.4. The maximum absolute atomic E-state index is 11.4. The SMILES string of the molecule is O=C1C=CC=C(O)C1c1ncccn1. The Morgan fingerprint density at radius 1 is 1.29 bits per heavy atom. The zero-order valence-corrected chi connectivity index (χ0v) is 7.29. The molecular formula is C10H8N2O2. The molecule has 1 aromatic rings. The fraction of sp³-hybridized carbons (Fsp3) is 0.100. The molecule has 0 fully saturated rings. The summed E-state index contributed by atoms with van der Waals surface area (Å²) in [5.41, 5.74) is 0. The first-order chi connectivity index (χ1) is 6.79. The van der Waals surface area contributed by atoms with Crippen molar-refractivity contribution in [3.63, 3.8) is 0 Å². The number of hydrogen-bond acceptors (Lipinski definition) is 4. The topological polar surface area (TPSA) is 63.1 Å². The highest BCUT2D eigenvalue weighted by Gasteiger charge is 2.26. The zero-order chi connectivity index (χ0) is 9.97. The van der Waals surface area contributed by atoms with Crippen LogP contribution < -0.4 is 0 Å². The molecule has 0 radical (unpaired) electrons. The van der Waals surface area contributed by atoms with Gasteiger partial charge in [-0.15, -0.1) is 0 Å². The summed E-state index contributed by atoms with van der Waals surface area (Å²) >= 11 is 0. The molecule has 4 nitrogen and oxygen atoms in total. The molecule has 0 spiro atoms. The van der Waals surface area contributed by atoms with Crippen LogP contribution in [0.1, 0.15) is 11.7 Å². The minimum Gasteiger partial charge on any atom is -0.511 e. The number of carbonyl (C=O) groups excluding carboxylic acids is 1. The first-order valence-electron chi connectivity index (χ1n) is 4.17. The van der Waals surface area contributed by atoms with Crippen LogP contribution in [0.3, 0.4) is 0 Å². The number of ketones is 1. The summed E-state index contributed by atoms with van der Waals surface area (Å²) in [5, 5.41) is 9.50. The molecule has 0 aromatic carbocycles. The first-order valence-corrected chi connectivity index (χ1v) is 4.17. The molecule has 2 rings (SSSR count). The number of rotatable bonds is 1. The predicted octanol–water partition coefficient (Wildman–Crippen LogP) is 1.14. The van der Waals surface area contributed by atoms with E-state index in [4.69, 9.17) is 0 Å². The van der Waals surface area contributed by atoms with E-state index < -0.39 is 5.92 Å². The van der Waals surface area contributed by atoms with Crippen molar-refractivity contribution in [2.45, 2.75) is 5.92 Å². The molecule has 0 bridgehead atoms. The lowest BCUT2D eigenvalue weighted by molar-refractivity contribution is -0.116. The molecule has 4 heteroatoms. The Bertz CT molecular complexity index is 409. The maximum Gasteiger partial charge on any atom is 0.173 e. The molecule has 1 heterocycles. The van der Waals surface area contributed by atoms with Crippen molar-refractivity contribution in [2.24, 2.45) is 0 Å². The van der Waals surface area contributed by atoms with Gasteiger partial charge in [-0.3, -0.25) is 4.79 Å². The Labute approximate surface area is 80.6 Å². The van der Waals surface area contributed by atoms with Crippen molar-refractivity contribution < 1.29 is 9.90 Å². The van der Waals surface area contributed by atoms with E-state index >= 15 is 0 Å². The molecule has 0 saturated carbocycles. The standard InChI is InChI=1S/C10H8N2O2/c13-7-3-1-4-8(14)9(7)10-11-5-2-6-12-10/h1-6,9,13H. The van der Waals surface area contributed by atoms with E-state index in [1.165, 1.54) is 18.2 Å². The number of carbonyl (C=O) groups is 1. The van der Waals surface area contributed by atoms with Crippen LogP contribution in [-0.2, 0) is 4.79 Å². The summed E-state index contributed by atoms with van der Waals surface area (Å²) in [6, 6.07) is 1.66. The van der Waals surface area contributed by atoms with Gasteiger partial charge in [0.15, 0.2) is 5.78 Å². The van der Waals surface area contributed by atoms with E-state index in [-0.39, 0.29) is 11.5 Å². The predicted molar refractivity (Wildman–Crippen MR) is 49.6 cm³/mol. The van der Waals surface area contributed by atoms with Gasteiger partial charge in [0.1, 0.15) is 17.5 Å². The van der Waals surface area contributed by atoms with Gasteiger partial charge in [0.2, 0.25) is 0 Å². The van der Waals surface area contributed by atoms with Gasteiger partial charge in [0.25, 0.3) is 0 Å². The summed E-state index contributed by atoms with van der Waals surface area (Å²) in [4.78, 5) is 19.3. The van der Waals surface area contributed by atoms with E-state index in [0.717, 1.165) is 0 Å². The number of aliphatic hydroxyl groups is 1. The third-order valence-corrected chi connectivity index (χ3v) is 1.95. The molecule has 1 aliphatic carbocycles. The summed E-state index contributed by atoms with van der Waals surface area (Å²) in [6.45, 7) is 0. The number of hydrogen-bond donors (Lipinski definition) is 1. The molecule has 70 valence electrons. The minimum atomic E-state index is -0.735. The van der Waals surface area contributed by atoms with Crippen LogP contribution in [-0.4, -0.2) is 20.9 Å². The van der Waals surface area contributed by atoms with Crippen LogP contribution in [0.4, 0.5) is 0 Å². The second-order valence-electron chi connectivity index (χ2n) is 2.89. The lowest BCUT2D eigenvalue weighted by atomic mass is 9.96. The largest absolute Gasteiger partial charge is 0.511 e. The molecule has 0 aliphatic heterocycles. The second-order valence-corrected chi connectivity index (χ2v) is 2.89. The molecule has 1 N–H and O–H groups in total. The monoisotopic (exact) mass is 188 g/mol. The van der Waals surface area contributed by atoms with Gasteiger partial charge in [0, 0.05) is 12.4 Å². The summed E-state index contributed by atoms with van der Waals surface area (Å²) in [5.74, 6) is -0.614. The van der Waals surface area contributed by atoms with E-state index in [0.29, 0.717) is 5.82 Å². The smallest absolute Gasteiger partial charge is 0.173 e. The fourth-order valence-corrected chi connectivity index (χ4v) is 1.30. The average Bonchev–Trinajstić information content (AvgIpc) is 2.19. The van der Waals surface area contributed by atoms with Crippen LogP contribution >= 0.6 is 0 Å². The van der Waals surface area contributed by atoms with Crippen LogP contribution in [0.25, 0.3) is 0 Å². The highest BCUT2D eigenvalue weighted by Crippen LogP contribution is 2.23. The summed E-state index contributed by atoms with van der Waals surface area (Å²) in [6.07, 6.45) is 7.47. The van der Waals surface area contributed by atoms with Crippen molar-refractivity contribution >= 4 is 5.78 Å². The number of aliphatic hydroxyl groups excluding tert-OH is 1. The third-order valence-electron chi connectivity index (χ3n) is 1.95. The number of aromatic nitrogens is 2. The zero-order valence-electron chi connectivity index (χ0n) is 7.29. The number of allylic oxidation sites excluding steroid dienone is 4. The van der Waals surface area contributed by atoms with Crippen LogP contribution in [0.5, 0.6) is 0 Å². The lowest BCUT2D eigenvalue weighted by Gasteiger charge is -2.13. The van der Waals surface area contributed by atoms with Crippen molar-refractivity contribution in [3.05, 3.63) is 48.3 Å². The van der Waals surface area contributed by atoms with E-state index in [9.17, 15) is 9.90 Å². The Kier molecular flexibility index (Phi) is 2.10. The van der Waals surface area contributed by atoms with Gasteiger partial charge in [-0.25, -0.2) is 9.97 Å². The fourth-order valence-electron chi connectivity index (χ4n) is 1.30. The Balaban J connectivity index is 2.40. The molecule has 0 saturated heterocycles. The Morgan fingerprint density at radius 3 is 2.64 bits per heavy atom. The van der Waals surface area contributed by atoms with Crippen molar-refractivity contribution in [1.29, 1.82) is 0 Å². The van der Waals surface area contributed by atoms with Crippen molar-refractivity contribution in [2.75, 3.05) is 0 Å². The van der Waals surface area contributed by atoms with Gasteiger partial charge in [-0.2, -0.15) is 0 Å². The lowest BCUT2D eigenvalue weighted by Crippen LogP contribution is -2.17. The van der Waals surface area contributed by atoms with Gasteiger partial charge in [-0.05, 0) is 18.2 Å². The molecule has 1 atom stereocenters. The quantitative estimate of drug-likeness (QED) is 0.717. The highest BCUT2D eigenvalue weighted by atomic mass is 16.3. The van der Waals surface area contributed by atoms with Gasteiger partial charge in [0.05, 0.1) is 0 Å². The Morgan fingerprint density at radius 2 is 2.00 bits per heavy atom. The summed E-state index contributed by atoms with van der Waals surface area (Å²) in [7, 11) is 0. The van der Waals surface area contributed by atoms with Crippen molar-refractivity contribution in [1.82, 2.24) is 9.97 Å². The minimum absolute atomic E-state index is 0.0105. The van der Waals surface area contributed by atoms with E-state index in [2.05, 4.69) is 9.97 Å². The van der Waals surface area contributed by atoms with Crippen molar-refractivity contribution in [3.8, 4) is 0 Å². The van der Waals surface area contributed by atoms with E-state index in [1.807, 2.05) is 0 Å². The summed E-state index contributed by atoms with van der Waals surface area (Å²) < 4.78 is 0. The molecule has 14 heavy (non-hydrogen) atoms. The van der Waals surface area contributed by atoms with Gasteiger partial charge >= 0.3 is 0 Å². The van der Waals surface area contributed by atoms with Crippen LogP contribution in [0.2, 0.25) is 0 Å². The third kappa shape index (κ3) is 1.42. The van der Waals surface area contributed by atoms with Crippen LogP contribution in [0.15, 0.2) is 42.4 Å². The highest BCUT2D eigenvalue weighted by molar-refractivity contribution is 5.98. The normalized spacial score (nSPS) is 20.7. The second kappa shape index (κ2) is 3.41. The number of nitrogens with zero attached hydrogens (tertiary/aromatic N) is 2. The Hall–Kier alpha value is -1.97. The molecule has 1 aliphatic rings. The average molecular weight is 188 g/mol. The molecular weight excluding hydrogens is 180 g/mol. The molecule has 0 amide bonds. The van der Waals surface area contributed by atoms with Gasteiger partial charge < -0.3 is 5.11 Å². The van der Waals surface area contributed by atoms with Crippen LogP contribution in [0, 0.1) is 0 Å². The molecule has 1 unspecified atom stereocenters. The molecule has 1 aromatic heterocycles. The first kappa shape index (κ1) is 8.62. The van der Waals surface area contributed by atoms with Gasteiger partial charge in [-0.1, -0.05) is 6.08 Å².